The number of nitrogens with one attached hydrogen (secondary N) is 3. The number of hydrogen-bond acceptors (Lipinski definition) is 18. The number of carbonyl (C=O) groups excluding carboxylic acids is 5. The van der Waals surface area contributed by atoms with Crippen molar-refractivity contribution in [3.8, 4) is 0 Å². The molecule has 0 radical (unpaired) electrons. The summed E-state index contributed by atoms with van der Waals surface area (Å²) in [6.45, 7) is 10.7. The molecule has 0 aromatic carbocycles. The molecule has 396 valence electrons. The van der Waals surface area contributed by atoms with E-state index in [-0.39, 0.29) is 69.2 Å². The van der Waals surface area contributed by atoms with E-state index in [9.17, 15) is 50.3 Å². The molecule has 8 heterocycles. The molecule has 3 N–H and O–H groups in total. The number of thiazole rings is 2. The normalized spacial score (nSPS) is 14.8. The second-order valence-corrected chi connectivity index (χ2v) is 19.9. The van der Waals surface area contributed by atoms with Gasteiger partial charge < -0.3 is 30.7 Å². The lowest BCUT2D eigenvalue weighted by Gasteiger charge is -2.34. The lowest BCUT2D eigenvalue weighted by Crippen LogP contribution is -2.48. The Hall–Kier alpha value is -6.81. The molecule has 29 heteroatoms. The van der Waals surface area contributed by atoms with Crippen molar-refractivity contribution in [3.63, 3.8) is 0 Å². The third-order valence-electron chi connectivity index (χ3n) is 11.5. The summed E-state index contributed by atoms with van der Waals surface area (Å²) in [7, 11) is 0. The van der Waals surface area contributed by atoms with Crippen LogP contribution < -0.4 is 25.8 Å². The molecule has 0 bridgehead atoms. The van der Waals surface area contributed by atoms with Crippen LogP contribution in [0.5, 0.6) is 0 Å². The van der Waals surface area contributed by atoms with Crippen LogP contribution in [0.15, 0.2) is 61.7 Å². The average molecular weight is 1120 g/mol. The van der Waals surface area contributed by atoms with Crippen molar-refractivity contribution in [1.29, 1.82) is 0 Å². The molecule has 2 fully saturated rings. The van der Waals surface area contributed by atoms with E-state index in [2.05, 4.69) is 60.7 Å². The maximum absolute atomic E-state index is 13.1. The summed E-state index contributed by atoms with van der Waals surface area (Å²) in [5.74, 6) is -1.74. The topological polar surface area (TPSA) is 234 Å². The first kappa shape index (κ1) is 55.9. The predicted molar refractivity (Wildman–Crippen MR) is 267 cm³/mol. The summed E-state index contributed by atoms with van der Waals surface area (Å²) in [6.07, 6.45) is -2.27. The molecule has 2 aliphatic rings. The van der Waals surface area contributed by atoms with Crippen LogP contribution in [0.3, 0.4) is 0 Å². The van der Waals surface area contributed by atoms with E-state index < -0.39 is 45.3 Å². The molecule has 2 saturated heterocycles. The van der Waals surface area contributed by atoms with E-state index in [0.29, 0.717) is 65.7 Å². The first-order valence-corrected chi connectivity index (χ1v) is 25.1. The first-order chi connectivity index (χ1) is 35.5. The molecule has 2 unspecified atom stereocenters. The van der Waals surface area contributed by atoms with E-state index >= 15 is 0 Å². The molecule has 6 aromatic heterocycles. The Labute approximate surface area is 441 Å². The van der Waals surface area contributed by atoms with Gasteiger partial charge in [-0.25, -0.2) is 39.9 Å². The molecule has 6 aromatic rings. The number of ketones is 2. The molecule has 75 heavy (non-hydrogen) atoms. The predicted octanol–water partition coefficient (Wildman–Crippen LogP) is 8.34. The number of pyridine rings is 2. The fraction of sp³-hybridized carbons (Fsp3) is 0.370. The Morgan fingerprint density at radius 2 is 1.01 bits per heavy atom. The number of piperazine rings is 2. The number of aromatic nitrogens is 8. The van der Waals surface area contributed by atoms with Gasteiger partial charge in [0, 0.05) is 108 Å². The van der Waals surface area contributed by atoms with Gasteiger partial charge in [0.15, 0.2) is 11.6 Å². The van der Waals surface area contributed by atoms with Gasteiger partial charge in [0.05, 0.1) is 43.6 Å². The maximum Gasteiger partial charge on any atom is 0.418 e. The fourth-order valence-corrected chi connectivity index (χ4v) is 9.62. The van der Waals surface area contributed by atoms with Crippen molar-refractivity contribution >= 4 is 98.4 Å². The van der Waals surface area contributed by atoms with Gasteiger partial charge in [0.2, 0.25) is 5.91 Å². The van der Waals surface area contributed by atoms with Crippen molar-refractivity contribution in [2.24, 2.45) is 0 Å². The Kier molecular flexibility index (Phi) is 18.1. The van der Waals surface area contributed by atoms with Crippen LogP contribution in [0.2, 0.25) is 10.0 Å². The van der Waals surface area contributed by atoms with Gasteiger partial charge in [-0.05, 0) is 12.1 Å². The molecule has 0 saturated carbocycles. The highest BCUT2D eigenvalue weighted by molar-refractivity contribution is 7.14. The minimum absolute atomic E-state index is 0.0160. The Morgan fingerprint density at radius 1 is 0.600 bits per heavy atom. The SMILES string of the molecule is CC(=O)N1CCN(c2cc(C(=O)CC(C)c3ncc(C(=O)Nc4cc(C(F)(F)F)c(Cl)cn4)s3)ncn2)CC1.CC(CC(=O)c1cc(N2CCNCC2)ncn1)c1ncc(C(=O)Nc2cc(C(F)(F)F)c(Cl)cn2)s1. The lowest BCUT2D eigenvalue weighted by molar-refractivity contribution is -0.138. The van der Waals surface area contributed by atoms with Gasteiger partial charge in [-0.3, -0.25) is 24.0 Å². The number of alkyl halides is 6. The standard InChI is InChI=1S/C24H23ClF3N7O3S.C22H21ClF3N7O2S/c1-13(7-18(37)17-9-21(32-12-31-17)35-5-3-34(4-6-35)14(2)36)23-30-11-19(39-23)22(38)33-20-8-15(24(26,27)28)16(25)10-29-20;1-12(6-16(34)15-8-19(31-11-30-15)33-4-2-27-3-5-33)21-29-10-17(36-21)20(35)32-18-7-13(22(24,25)26)14(23)9-28-18/h8-13H,3-7H2,1-2H3,(H,29,33,38);7-12,27H,2-6H2,1H3,(H,28,32,35). The quantitative estimate of drug-likeness (QED) is 0.0687. The number of nitrogens with zero attached hydrogens (tertiary/aromatic N) is 11. The Bertz CT molecular complexity index is 3060. The maximum atomic E-state index is 13.1. The van der Waals surface area contributed by atoms with E-state index in [4.69, 9.17) is 23.2 Å². The molecule has 2 aliphatic heterocycles. The van der Waals surface area contributed by atoms with Crippen molar-refractivity contribution in [2.75, 3.05) is 72.8 Å². The van der Waals surface area contributed by atoms with Gasteiger partial charge in [-0.15, -0.1) is 22.7 Å². The van der Waals surface area contributed by atoms with Crippen LogP contribution in [0.1, 0.15) is 107 Å². The van der Waals surface area contributed by atoms with Gasteiger partial charge >= 0.3 is 12.4 Å². The largest absolute Gasteiger partial charge is 0.418 e. The summed E-state index contributed by atoms with van der Waals surface area (Å²) >= 11 is 13.2. The molecule has 8 rings (SSSR count). The van der Waals surface area contributed by atoms with Crippen molar-refractivity contribution in [3.05, 3.63) is 114 Å². The zero-order valence-electron chi connectivity index (χ0n) is 39.8. The number of carbonyl (C=O) groups is 5. The number of rotatable bonds is 14. The molecule has 0 spiro atoms. The highest BCUT2D eigenvalue weighted by Gasteiger charge is 2.35. The van der Waals surface area contributed by atoms with Gasteiger partial charge in [-0.1, -0.05) is 37.0 Å². The highest BCUT2D eigenvalue weighted by atomic mass is 35.5. The smallest absolute Gasteiger partial charge is 0.354 e. The Balaban J connectivity index is 0.000000219. The molecular weight excluding hydrogens is 1080 g/mol. The first-order valence-electron chi connectivity index (χ1n) is 22.7. The molecule has 0 aliphatic carbocycles. The van der Waals surface area contributed by atoms with Crippen LogP contribution in [-0.4, -0.2) is 126 Å². The molecular formula is C46H44Cl2F6N14O5S2. The summed E-state index contributed by atoms with van der Waals surface area (Å²) in [4.78, 5) is 101. The van der Waals surface area contributed by atoms with Crippen LogP contribution in [-0.2, 0) is 17.1 Å². The minimum atomic E-state index is -4.70. The summed E-state index contributed by atoms with van der Waals surface area (Å²) in [5, 5.41) is 7.79. The minimum Gasteiger partial charge on any atom is -0.354 e. The third kappa shape index (κ3) is 14.7. The highest BCUT2D eigenvalue weighted by Crippen LogP contribution is 2.37. The second kappa shape index (κ2) is 24.2. The average Bonchev–Trinajstić information content (AvgIpc) is 4.10. The van der Waals surface area contributed by atoms with Crippen molar-refractivity contribution in [1.82, 2.24) is 50.1 Å². The number of halogens is 8. The van der Waals surface area contributed by atoms with Crippen LogP contribution in [0.4, 0.5) is 49.6 Å². The molecule has 19 nitrogen and oxygen atoms in total. The van der Waals surface area contributed by atoms with E-state index in [1.807, 2.05) is 4.90 Å². The summed E-state index contributed by atoms with van der Waals surface area (Å²) < 4.78 is 78.4. The van der Waals surface area contributed by atoms with E-state index in [0.717, 1.165) is 61.2 Å². The Morgan fingerprint density at radius 3 is 1.41 bits per heavy atom. The number of hydrogen-bond donors (Lipinski definition) is 3. The van der Waals surface area contributed by atoms with Crippen LogP contribution in [0.25, 0.3) is 0 Å². The van der Waals surface area contributed by atoms with E-state index in [1.165, 1.54) is 32.0 Å². The zero-order chi connectivity index (χ0) is 54.2. The third-order valence-corrected chi connectivity index (χ3v) is 14.6. The van der Waals surface area contributed by atoms with Crippen LogP contribution in [0, 0.1) is 0 Å². The molecule has 2 atom stereocenters. The molecule has 3 amide bonds. The fourth-order valence-electron chi connectivity index (χ4n) is 7.47. The zero-order valence-corrected chi connectivity index (χ0v) is 42.9. The monoisotopic (exact) mass is 1120 g/mol. The lowest BCUT2D eigenvalue weighted by atomic mass is 10.0. The summed E-state index contributed by atoms with van der Waals surface area (Å²) in [5.41, 5.74) is -1.67. The number of amides is 3. The van der Waals surface area contributed by atoms with Gasteiger partial charge in [0.25, 0.3) is 11.8 Å². The van der Waals surface area contributed by atoms with Gasteiger partial charge in [-0.2, -0.15) is 26.3 Å². The number of anilines is 4. The van der Waals surface area contributed by atoms with E-state index in [1.54, 1.807) is 30.9 Å². The summed E-state index contributed by atoms with van der Waals surface area (Å²) in [6, 6.07) is 4.62. The van der Waals surface area contributed by atoms with Crippen LogP contribution >= 0.6 is 45.9 Å². The van der Waals surface area contributed by atoms with Crippen molar-refractivity contribution < 1.29 is 50.3 Å². The van der Waals surface area contributed by atoms with Gasteiger partial charge in [0.1, 0.15) is 57.1 Å². The van der Waals surface area contributed by atoms with Crippen molar-refractivity contribution in [2.45, 2.75) is 57.8 Å². The number of Topliss-reactive ketones (excluding diaryl/α,β-unsaturated/α-hetero) is 2. The second-order valence-electron chi connectivity index (χ2n) is 16.9.